The summed E-state index contributed by atoms with van der Waals surface area (Å²) in [6.07, 6.45) is 1.54. The van der Waals surface area contributed by atoms with E-state index in [4.69, 9.17) is 10.5 Å². The minimum Gasteiger partial charge on any atom is -0.384 e. The summed E-state index contributed by atoms with van der Waals surface area (Å²) in [4.78, 5) is 16.7. The zero-order chi connectivity index (χ0) is 10.6. The van der Waals surface area contributed by atoms with Crippen molar-refractivity contribution in [3.63, 3.8) is 0 Å². The molecule has 0 atom stereocenters. The van der Waals surface area contributed by atoms with E-state index in [1.165, 1.54) is 12.0 Å². The Kier molecular flexibility index (Phi) is 3.41. The van der Waals surface area contributed by atoms with Crippen molar-refractivity contribution in [1.29, 1.82) is 0 Å². The van der Waals surface area contributed by atoms with Crippen LogP contribution in [-0.4, -0.2) is 31.7 Å². The van der Waals surface area contributed by atoms with Crippen LogP contribution in [-0.2, 0) is 9.53 Å². The van der Waals surface area contributed by atoms with Gasteiger partial charge in [-0.15, -0.1) is 0 Å². The van der Waals surface area contributed by atoms with Crippen LogP contribution in [0.5, 0.6) is 0 Å². The van der Waals surface area contributed by atoms with Gasteiger partial charge in [0.25, 0.3) is 5.91 Å². The summed E-state index contributed by atoms with van der Waals surface area (Å²) in [5, 5.41) is 0. The highest BCUT2D eigenvalue weighted by Crippen LogP contribution is 2.11. The molecule has 2 N–H and O–H groups in total. The van der Waals surface area contributed by atoms with Crippen LogP contribution >= 0.6 is 0 Å². The summed E-state index contributed by atoms with van der Waals surface area (Å²) >= 11 is 0. The van der Waals surface area contributed by atoms with E-state index in [9.17, 15) is 4.79 Å². The van der Waals surface area contributed by atoms with Crippen LogP contribution in [0.15, 0.2) is 18.3 Å². The molecule has 0 aliphatic heterocycles. The number of nitrogen functional groups attached to an aromatic ring is 1. The number of amides is 1. The van der Waals surface area contributed by atoms with E-state index >= 15 is 0 Å². The van der Waals surface area contributed by atoms with Crippen molar-refractivity contribution in [2.24, 2.45) is 0 Å². The van der Waals surface area contributed by atoms with Gasteiger partial charge in [-0.25, -0.2) is 4.98 Å². The molecule has 5 heteroatoms. The first kappa shape index (κ1) is 10.5. The van der Waals surface area contributed by atoms with Gasteiger partial charge in [-0.3, -0.25) is 4.79 Å². The van der Waals surface area contributed by atoms with E-state index in [1.54, 1.807) is 25.4 Å². The van der Waals surface area contributed by atoms with Crippen molar-refractivity contribution in [1.82, 2.24) is 4.98 Å². The van der Waals surface area contributed by atoms with E-state index < -0.39 is 0 Å². The average Bonchev–Trinajstić information content (AvgIpc) is 2.18. The normalized spacial score (nSPS) is 9.86. The lowest BCUT2D eigenvalue weighted by molar-refractivity contribution is -0.121. The van der Waals surface area contributed by atoms with Crippen LogP contribution in [0.4, 0.5) is 11.5 Å². The zero-order valence-corrected chi connectivity index (χ0v) is 8.23. The molecule has 0 fully saturated rings. The molecule has 1 rings (SSSR count). The summed E-state index contributed by atoms with van der Waals surface area (Å²) < 4.78 is 4.73. The van der Waals surface area contributed by atoms with Crippen molar-refractivity contribution >= 4 is 17.4 Å². The molecule has 0 saturated carbocycles. The number of aromatic nitrogens is 1. The standard InChI is InChI=1S/C9H13N3O2/c1-12(9(13)6-14-2)7-3-4-8(10)11-5-7/h3-5H,6H2,1-2H3,(H2,10,11). The van der Waals surface area contributed by atoms with Crippen molar-refractivity contribution in [3.8, 4) is 0 Å². The van der Waals surface area contributed by atoms with E-state index in [1.807, 2.05) is 0 Å². The summed E-state index contributed by atoms with van der Waals surface area (Å²) in [5.74, 6) is 0.306. The molecule has 0 saturated heterocycles. The number of likely N-dealkylation sites (N-methyl/N-ethyl adjacent to an activating group) is 1. The van der Waals surface area contributed by atoms with E-state index in [2.05, 4.69) is 4.98 Å². The van der Waals surface area contributed by atoms with Crippen molar-refractivity contribution in [2.75, 3.05) is 31.4 Å². The number of methoxy groups -OCH3 is 1. The average molecular weight is 195 g/mol. The van der Waals surface area contributed by atoms with Crippen molar-refractivity contribution in [3.05, 3.63) is 18.3 Å². The first-order chi connectivity index (χ1) is 6.65. The van der Waals surface area contributed by atoms with Gasteiger partial charge in [-0.05, 0) is 12.1 Å². The molecular formula is C9H13N3O2. The molecular weight excluding hydrogens is 182 g/mol. The fourth-order valence-electron chi connectivity index (χ4n) is 0.960. The van der Waals surface area contributed by atoms with Crippen LogP contribution in [0, 0.1) is 0 Å². The van der Waals surface area contributed by atoms with E-state index in [0.717, 1.165) is 0 Å². The number of ether oxygens (including phenoxy) is 1. The molecule has 14 heavy (non-hydrogen) atoms. The Morgan fingerprint density at radius 2 is 2.36 bits per heavy atom. The first-order valence-electron chi connectivity index (χ1n) is 4.12. The van der Waals surface area contributed by atoms with Crippen molar-refractivity contribution < 1.29 is 9.53 Å². The SMILES string of the molecule is COCC(=O)N(C)c1ccc(N)nc1. The summed E-state index contributed by atoms with van der Waals surface area (Å²) in [5.41, 5.74) is 6.12. The quantitative estimate of drug-likeness (QED) is 0.751. The Balaban J connectivity index is 2.73. The molecule has 0 spiro atoms. The summed E-state index contributed by atoms with van der Waals surface area (Å²) in [7, 11) is 3.14. The van der Waals surface area contributed by atoms with Gasteiger partial charge in [0, 0.05) is 14.2 Å². The smallest absolute Gasteiger partial charge is 0.252 e. The van der Waals surface area contributed by atoms with E-state index in [0.29, 0.717) is 11.5 Å². The summed E-state index contributed by atoms with van der Waals surface area (Å²) in [6, 6.07) is 3.38. The molecule has 5 nitrogen and oxygen atoms in total. The van der Waals surface area contributed by atoms with Crippen LogP contribution in [0.2, 0.25) is 0 Å². The predicted octanol–water partition coefficient (Wildman–Crippen LogP) is 0.273. The second-order valence-electron chi connectivity index (χ2n) is 2.83. The topological polar surface area (TPSA) is 68.5 Å². The number of anilines is 2. The Bertz CT molecular complexity index is 310. The molecule has 1 aromatic rings. The molecule has 1 aromatic heterocycles. The third kappa shape index (κ3) is 2.43. The van der Waals surface area contributed by atoms with Gasteiger partial charge in [-0.1, -0.05) is 0 Å². The zero-order valence-electron chi connectivity index (χ0n) is 8.23. The van der Waals surface area contributed by atoms with Crippen LogP contribution in [0.25, 0.3) is 0 Å². The minimum absolute atomic E-state index is 0.0564. The molecule has 0 bridgehead atoms. The Morgan fingerprint density at radius 3 is 2.86 bits per heavy atom. The van der Waals surface area contributed by atoms with Crippen LogP contribution in [0.3, 0.4) is 0 Å². The first-order valence-corrected chi connectivity index (χ1v) is 4.12. The number of hydrogen-bond acceptors (Lipinski definition) is 4. The second-order valence-corrected chi connectivity index (χ2v) is 2.83. The molecule has 0 unspecified atom stereocenters. The summed E-state index contributed by atoms with van der Waals surface area (Å²) in [6.45, 7) is 0.0564. The Hall–Kier alpha value is -1.62. The highest BCUT2D eigenvalue weighted by atomic mass is 16.5. The van der Waals surface area contributed by atoms with E-state index in [-0.39, 0.29) is 12.5 Å². The fraction of sp³-hybridized carbons (Fsp3) is 0.333. The molecule has 1 heterocycles. The maximum absolute atomic E-state index is 11.4. The lowest BCUT2D eigenvalue weighted by Gasteiger charge is -2.16. The Labute approximate surface area is 82.5 Å². The monoisotopic (exact) mass is 195 g/mol. The van der Waals surface area contributed by atoms with Gasteiger partial charge in [0.15, 0.2) is 0 Å². The number of carbonyl (C=O) groups excluding carboxylic acids is 1. The number of carbonyl (C=O) groups is 1. The second kappa shape index (κ2) is 4.57. The third-order valence-electron chi connectivity index (χ3n) is 1.80. The maximum atomic E-state index is 11.4. The van der Waals surface area contributed by atoms with Gasteiger partial charge in [0.1, 0.15) is 12.4 Å². The highest BCUT2D eigenvalue weighted by Gasteiger charge is 2.09. The molecule has 0 aliphatic carbocycles. The van der Waals surface area contributed by atoms with Gasteiger partial charge >= 0.3 is 0 Å². The number of nitrogens with zero attached hydrogens (tertiary/aromatic N) is 2. The molecule has 0 aliphatic rings. The largest absolute Gasteiger partial charge is 0.384 e. The van der Waals surface area contributed by atoms with Gasteiger partial charge in [0.05, 0.1) is 11.9 Å². The van der Waals surface area contributed by atoms with Crippen molar-refractivity contribution in [2.45, 2.75) is 0 Å². The number of rotatable bonds is 3. The lowest BCUT2D eigenvalue weighted by Crippen LogP contribution is -2.29. The fourth-order valence-corrected chi connectivity index (χ4v) is 0.960. The number of nitrogens with two attached hydrogens (primary N) is 1. The molecule has 1 amide bonds. The highest BCUT2D eigenvalue weighted by molar-refractivity contribution is 5.93. The van der Waals surface area contributed by atoms with Gasteiger partial charge in [0.2, 0.25) is 0 Å². The molecule has 0 aromatic carbocycles. The number of pyridine rings is 1. The lowest BCUT2D eigenvalue weighted by atomic mass is 10.3. The molecule has 0 radical (unpaired) electrons. The Morgan fingerprint density at radius 1 is 1.64 bits per heavy atom. The molecule has 76 valence electrons. The van der Waals surface area contributed by atoms with Gasteiger partial charge in [-0.2, -0.15) is 0 Å². The predicted molar refractivity (Wildman–Crippen MR) is 53.9 cm³/mol. The third-order valence-corrected chi connectivity index (χ3v) is 1.80. The number of hydrogen-bond donors (Lipinski definition) is 1. The van der Waals surface area contributed by atoms with Gasteiger partial charge < -0.3 is 15.4 Å². The van der Waals surface area contributed by atoms with Crippen LogP contribution < -0.4 is 10.6 Å². The minimum atomic E-state index is -0.126. The maximum Gasteiger partial charge on any atom is 0.252 e. The van der Waals surface area contributed by atoms with Crippen LogP contribution in [0.1, 0.15) is 0 Å².